The number of hydrogen-bond acceptors (Lipinski definition) is 4. The van der Waals surface area contributed by atoms with Gasteiger partial charge in [0.05, 0.1) is 0 Å². The predicted octanol–water partition coefficient (Wildman–Crippen LogP) is -0.0599. The number of rotatable bonds is 5. The highest BCUT2D eigenvalue weighted by atomic mass is 16.1. The van der Waals surface area contributed by atoms with Crippen LogP contribution in [-0.2, 0) is 9.59 Å². The summed E-state index contributed by atoms with van der Waals surface area (Å²) >= 11 is 0. The lowest BCUT2D eigenvalue weighted by Gasteiger charge is -2.31. The second-order valence-corrected chi connectivity index (χ2v) is 4.94. The Morgan fingerprint density at radius 1 is 1.32 bits per heavy atom. The summed E-state index contributed by atoms with van der Waals surface area (Å²) in [6.45, 7) is 7.06. The van der Waals surface area contributed by atoms with Gasteiger partial charge in [-0.25, -0.2) is 0 Å². The Labute approximate surface area is 113 Å². The maximum atomic E-state index is 11.8. The van der Waals surface area contributed by atoms with Crippen molar-refractivity contribution in [1.82, 2.24) is 15.1 Å². The van der Waals surface area contributed by atoms with E-state index in [1.54, 1.807) is 11.1 Å². The fourth-order valence-corrected chi connectivity index (χ4v) is 1.68. The number of carbonyl (C=O) groups is 2. The Balaban J connectivity index is 2.55. The van der Waals surface area contributed by atoms with Crippen LogP contribution >= 0.6 is 0 Å². The zero-order valence-electron chi connectivity index (χ0n) is 11.4. The lowest BCUT2D eigenvalue weighted by molar-refractivity contribution is -0.119. The molecule has 0 aromatic carbocycles. The molecule has 1 fully saturated rings. The van der Waals surface area contributed by atoms with Crippen molar-refractivity contribution in [1.29, 1.82) is 5.26 Å². The van der Waals surface area contributed by atoms with Crippen LogP contribution in [0.5, 0.6) is 0 Å². The van der Waals surface area contributed by atoms with Crippen LogP contribution in [0.15, 0.2) is 11.8 Å². The number of nitrogens with one attached hydrogen (secondary N) is 1. The van der Waals surface area contributed by atoms with Crippen molar-refractivity contribution in [3.8, 4) is 6.07 Å². The third-order valence-corrected chi connectivity index (χ3v) is 2.85. The molecular weight excluding hydrogens is 244 g/mol. The summed E-state index contributed by atoms with van der Waals surface area (Å²) in [5.74, 6) is 0.00838. The molecule has 1 aliphatic heterocycles. The van der Waals surface area contributed by atoms with Gasteiger partial charge in [0.2, 0.25) is 6.41 Å². The molecule has 1 aliphatic rings. The van der Waals surface area contributed by atoms with Crippen molar-refractivity contribution >= 4 is 12.3 Å². The van der Waals surface area contributed by atoms with E-state index in [1.165, 1.54) is 0 Å². The first-order valence-corrected chi connectivity index (χ1v) is 6.40. The standard InChI is InChI=1S/C13H20N4O2/c1-11(2)8-15-13(19)12(7-14)9-16-3-5-17(10-18)6-4-16/h9-11H,3-6,8H2,1-2H3,(H,15,19)/b12-9-. The molecule has 0 bridgehead atoms. The van der Waals surface area contributed by atoms with Gasteiger partial charge in [-0.05, 0) is 5.92 Å². The molecule has 0 atom stereocenters. The molecular formula is C13H20N4O2. The third kappa shape index (κ3) is 5.00. The number of nitrogens with zero attached hydrogens (tertiary/aromatic N) is 3. The van der Waals surface area contributed by atoms with Gasteiger partial charge in [-0.15, -0.1) is 0 Å². The molecule has 0 radical (unpaired) electrons. The van der Waals surface area contributed by atoms with E-state index in [9.17, 15) is 9.59 Å². The van der Waals surface area contributed by atoms with Gasteiger partial charge in [-0.1, -0.05) is 13.8 Å². The van der Waals surface area contributed by atoms with Crippen LogP contribution in [0.1, 0.15) is 13.8 Å². The first-order chi connectivity index (χ1) is 9.06. The van der Waals surface area contributed by atoms with E-state index in [0.29, 0.717) is 38.6 Å². The summed E-state index contributed by atoms with van der Waals surface area (Å²) < 4.78 is 0. The molecule has 0 unspecified atom stereocenters. The zero-order valence-corrected chi connectivity index (χ0v) is 11.4. The van der Waals surface area contributed by atoms with Crippen molar-refractivity contribution in [2.24, 2.45) is 5.92 Å². The van der Waals surface area contributed by atoms with E-state index in [1.807, 2.05) is 24.8 Å². The Bertz CT molecular complexity index is 390. The van der Waals surface area contributed by atoms with Gasteiger partial charge in [0.25, 0.3) is 5.91 Å². The Morgan fingerprint density at radius 3 is 2.37 bits per heavy atom. The minimum atomic E-state index is -0.339. The molecule has 1 saturated heterocycles. The van der Waals surface area contributed by atoms with Crippen molar-refractivity contribution in [2.45, 2.75) is 13.8 Å². The van der Waals surface area contributed by atoms with Gasteiger partial charge < -0.3 is 15.1 Å². The Hall–Kier alpha value is -2.03. The van der Waals surface area contributed by atoms with Crippen molar-refractivity contribution < 1.29 is 9.59 Å². The number of nitriles is 1. The summed E-state index contributed by atoms with van der Waals surface area (Å²) in [7, 11) is 0. The SMILES string of the molecule is CC(C)CNC(=O)/C(C#N)=C\N1CCN(C=O)CC1. The summed E-state index contributed by atoms with van der Waals surface area (Å²) in [6, 6.07) is 1.92. The number of amides is 2. The molecule has 1 N–H and O–H groups in total. The fraction of sp³-hybridized carbons (Fsp3) is 0.615. The van der Waals surface area contributed by atoms with Gasteiger partial charge in [0.15, 0.2) is 0 Å². The quantitative estimate of drug-likeness (QED) is 0.429. The van der Waals surface area contributed by atoms with Gasteiger partial charge >= 0.3 is 0 Å². The average Bonchev–Trinajstić information content (AvgIpc) is 2.42. The van der Waals surface area contributed by atoms with E-state index < -0.39 is 0 Å². The molecule has 0 aliphatic carbocycles. The highest BCUT2D eigenvalue weighted by molar-refractivity contribution is 5.97. The fourth-order valence-electron chi connectivity index (χ4n) is 1.68. The maximum absolute atomic E-state index is 11.8. The second-order valence-electron chi connectivity index (χ2n) is 4.94. The second kappa shape index (κ2) is 7.41. The van der Waals surface area contributed by atoms with Crippen molar-refractivity contribution in [3.63, 3.8) is 0 Å². The van der Waals surface area contributed by atoms with Crippen LogP contribution < -0.4 is 5.32 Å². The number of piperazine rings is 1. The summed E-state index contributed by atoms with van der Waals surface area (Å²) in [6.07, 6.45) is 2.40. The predicted molar refractivity (Wildman–Crippen MR) is 70.8 cm³/mol. The Kier molecular flexibility index (Phi) is 5.86. The summed E-state index contributed by atoms with van der Waals surface area (Å²) in [5.41, 5.74) is 0.111. The molecule has 1 heterocycles. The van der Waals surface area contributed by atoms with Gasteiger partial charge in [0.1, 0.15) is 11.6 Å². The summed E-state index contributed by atoms with van der Waals surface area (Å²) in [5, 5.41) is 11.7. The normalized spacial score (nSPS) is 16.2. The maximum Gasteiger partial charge on any atom is 0.263 e. The topological polar surface area (TPSA) is 76.4 Å². The highest BCUT2D eigenvalue weighted by Gasteiger charge is 2.16. The molecule has 6 nitrogen and oxygen atoms in total. The molecule has 2 amide bonds. The van der Waals surface area contributed by atoms with E-state index in [4.69, 9.17) is 5.26 Å². The van der Waals surface area contributed by atoms with Crippen LogP contribution in [0.4, 0.5) is 0 Å². The smallest absolute Gasteiger partial charge is 0.263 e. The van der Waals surface area contributed by atoms with Crippen LogP contribution in [0.3, 0.4) is 0 Å². The minimum Gasteiger partial charge on any atom is -0.373 e. The molecule has 0 spiro atoms. The van der Waals surface area contributed by atoms with Crippen molar-refractivity contribution in [3.05, 3.63) is 11.8 Å². The molecule has 0 aromatic rings. The minimum absolute atomic E-state index is 0.111. The molecule has 0 saturated carbocycles. The van der Waals surface area contributed by atoms with Gasteiger partial charge in [0, 0.05) is 38.9 Å². The van der Waals surface area contributed by atoms with Crippen LogP contribution in [-0.4, -0.2) is 54.8 Å². The summed E-state index contributed by atoms with van der Waals surface area (Å²) in [4.78, 5) is 25.9. The highest BCUT2D eigenvalue weighted by Crippen LogP contribution is 2.04. The average molecular weight is 264 g/mol. The van der Waals surface area contributed by atoms with Crippen LogP contribution in [0.25, 0.3) is 0 Å². The molecule has 0 aromatic heterocycles. The van der Waals surface area contributed by atoms with Crippen LogP contribution in [0.2, 0.25) is 0 Å². The molecule has 19 heavy (non-hydrogen) atoms. The van der Waals surface area contributed by atoms with Crippen molar-refractivity contribution in [2.75, 3.05) is 32.7 Å². The first kappa shape index (κ1) is 15.0. The van der Waals surface area contributed by atoms with E-state index >= 15 is 0 Å². The monoisotopic (exact) mass is 264 g/mol. The van der Waals surface area contributed by atoms with E-state index in [2.05, 4.69) is 5.32 Å². The van der Waals surface area contributed by atoms with Gasteiger partial charge in [-0.3, -0.25) is 9.59 Å². The van der Waals surface area contributed by atoms with E-state index in [0.717, 1.165) is 6.41 Å². The van der Waals surface area contributed by atoms with Crippen LogP contribution in [0, 0.1) is 17.2 Å². The third-order valence-electron chi connectivity index (χ3n) is 2.85. The van der Waals surface area contributed by atoms with E-state index in [-0.39, 0.29) is 11.5 Å². The number of hydrogen-bond donors (Lipinski definition) is 1. The molecule has 6 heteroatoms. The van der Waals surface area contributed by atoms with Gasteiger partial charge in [-0.2, -0.15) is 5.26 Å². The first-order valence-electron chi connectivity index (χ1n) is 6.40. The lowest BCUT2D eigenvalue weighted by Crippen LogP contribution is -2.43. The largest absolute Gasteiger partial charge is 0.373 e. The molecule has 1 rings (SSSR count). The zero-order chi connectivity index (χ0) is 14.3. The molecule has 104 valence electrons. The lowest BCUT2D eigenvalue weighted by atomic mass is 10.2. The number of carbonyl (C=O) groups excluding carboxylic acids is 2. The Morgan fingerprint density at radius 2 is 1.89 bits per heavy atom.